The van der Waals surface area contributed by atoms with Crippen molar-refractivity contribution in [1.82, 2.24) is 0 Å². The highest BCUT2D eigenvalue weighted by atomic mass is 35.5. The third kappa shape index (κ3) is 5.90. The second kappa shape index (κ2) is 10.0. The largest absolute Gasteiger partial charge is 0.491 e. The van der Waals surface area contributed by atoms with Gasteiger partial charge in [0.05, 0.1) is 29.4 Å². The first-order chi connectivity index (χ1) is 13.3. The number of hydrogen-bond donors (Lipinski definition) is 2. The van der Waals surface area contributed by atoms with Crippen molar-refractivity contribution in [2.75, 3.05) is 24.4 Å². The van der Waals surface area contributed by atoms with Crippen LogP contribution in [0.15, 0.2) is 36.4 Å². The fourth-order valence-electron chi connectivity index (χ4n) is 2.39. The van der Waals surface area contributed by atoms with Gasteiger partial charge in [-0.05, 0) is 48.9 Å². The van der Waals surface area contributed by atoms with Crippen molar-refractivity contribution in [1.29, 1.82) is 0 Å². The van der Waals surface area contributed by atoms with Crippen LogP contribution in [0.1, 0.15) is 19.4 Å². The Balaban J connectivity index is 2.17. The minimum atomic E-state index is -0.397. The molecule has 0 aliphatic carbocycles. The summed E-state index contributed by atoms with van der Waals surface area (Å²) in [5, 5.41) is 6.03. The lowest BCUT2D eigenvalue weighted by atomic mass is 10.2. The molecular formula is C20H20Cl2N2O4. The molecular weight excluding hydrogens is 403 g/mol. The predicted octanol–water partition coefficient (Wildman–Crippen LogP) is 5.01. The molecule has 148 valence electrons. The van der Waals surface area contributed by atoms with Crippen molar-refractivity contribution in [3.63, 3.8) is 0 Å². The molecule has 0 radical (unpaired) electrons. The summed E-state index contributed by atoms with van der Waals surface area (Å²) in [6, 6.07) is 8.19. The molecule has 0 aromatic heterocycles. The third-order valence-electron chi connectivity index (χ3n) is 3.51. The van der Waals surface area contributed by atoms with Crippen LogP contribution in [0, 0.1) is 0 Å². The summed E-state index contributed by atoms with van der Waals surface area (Å²) in [5.74, 6) is 0.308. The number of carbonyl (C=O) groups excluding carboxylic acids is 2. The lowest BCUT2D eigenvalue weighted by molar-refractivity contribution is -0.114. The van der Waals surface area contributed by atoms with Gasteiger partial charge in [0.2, 0.25) is 11.8 Å². The lowest BCUT2D eigenvalue weighted by Gasteiger charge is -2.12. The number of amides is 2. The highest BCUT2D eigenvalue weighted by Gasteiger charge is 2.11. The summed E-state index contributed by atoms with van der Waals surface area (Å²) in [6.07, 6.45) is 2.93. The van der Waals surface area contributed by atoms with E-state index in [2.05, 4.69) is 10.6 Å². The summed E-state index contributed by atoms with van der Waals surface area (Å²) in [7, 11) is 1.51. The first-order valence-electron chi connectivity index (χ1n) is 8.40. The number of carbonyl (C=O) groups is 2. The first-order valence-corrected chi connectivity index (χ1v) is 9.16. The molecule has 6 nitrogen and oxygen atoms in total. The second-order valence-corrected chi connectivity index (χ2v) is 6.48. The van der Waals surface area contributed by atoms with Crippen LogP contribution in [0.3, 0.4) is 0 Å². The molecule has 2 aromatic rings. The van der Waals surface area contributed by atoms with Gasteiger partial charge in [-0.25, -0.2) is 0 Å². The smallest absolute Gasteiger partial charge is 0.248 e. The highest BCUT2D eigenvalue weighted by Crippen LogP contribution is 2.36. The van der Waals surface area contributed by atoms with E-state index in [0.717, 1.165) is 0 Å². The summed E-state index contributed by atoms with van der Waals surface area (Å²) in [4.78, 5) is 23.4. The fraction of sp³-hybridized carbons (Fsp3) is 0.200. The van der Waals surface area contributed by atoms with E-state index in [1.807, 2.05) is 6.92 Å². The van der Waals surface area contributed by atoms with Crippen LogP contribution in [0.2, 0.25) is 10.0 Å². The van der Waals surface area contributed by atoms with Gasteiger partial charge in [-0.15, -0.1) is 0 Å². The molecule has 0 saturated heterocycles. The average molecular weight is 423 g/mol. The molecule has 0 aliphatic rings. The molecule has 0 aliphatic heterocycles. The summed E-state index contributed by atoms with van der Waals surface area (Å²) in [6.45, 7) is 3.69. The van der Waals surface area contributed by atoms with Crippen LogP contribution in [0.25, 0.3) is 6.08 Å². The maximum Gasteiger partial charge on any atom is 0.248 e. The van der Waals surface area contributed by atoms with Gasteiger partial charge in [-0.1, -0.05) is 23.2 Å². The number of rotatable bonds is 7. The number of hydrogen-bond acceptors (Lipinski definition) is 4. The summed E-state index contributed by atoms with van der Waals surface area (Å²) >= 11 is 12.3. The van der Waals surface area contributed by atoms with E-state index in [1.54, 1.807) is 36.4 Å². The van der Waals surface area contributed by atoms with Crippen LogP contribution in [0.4, 0.5) is 11.4 Å². The van der Waals surface area contributed by atoms with E-state index in [1.165, 1.54) is 20.1 Å². The predicted molar refractivity (Wildman–Crippen MR) is 113 cm³/mol. The highest BCUT2D eigenvalue weighted by molar-refractivity contribution is 6.34. The van der Waals surface area contributed by atoms with Crippen molar-refractivity contribution in [3.8, 4) is 11.5 Å². The first kappa shape index (κ1) is 21.6. The van der Waals surface area contributed by atoms with Crippen molar-refractivity contribution in [2.45, 2.75) is 13.8 Å². The molecule has 0 unspecified atom stereocenters. The Morgan fingerprint density at radius 1 is 1.11 bits per heavy atom. The molecule has 2 amide bonds. The zero-order valence-electron chi connectivity index (χ0n) is 15.6. The van der Waals surface area contributed by atoms with Gasteiger partial charge < -0.3 is 20.1 Å². The van der Waals surface area contributed by atoms with E-state index in [-0.39, 0.29) is 5.91 Å². The SMILES string of the molecule is CCOc1cc(C=CC(=O)Nc2cc(NC(C)=O)ccc2Cl)cc(Cl)c1OC. The van der Waals surface area contributed by atoms with E-state index in [4.69, 9.17) is 32.7 Å². The van der Waals surface area contributed by atoms with Gasteiger partial charge >= 0.3 is 0 Å². The number of methoxy groups -OCH3 is 1. The van der Waals surface area contributed by atoms with Gasteiger partial charge in [-0.3, -0.25) is 9.59 Å². The maximum absolute atomic E-state index is 12.3. The zero-order valence-corrected chi connectivity index (χ0v) is 17.1. The van der Waals surface area contributed by atoms with Crippen LogP contribution < -0.4 is 20.1 Å². The summed E-state index contributed by atoms with van der Waals surface area (Å²) < 4.78 is 10.8. The Bertz CT molecular complexity index is 913. The van der Waals surface area contributed by atoms with Gasteiger partial charge in [0.25, 0.3) is 0 Å². The number of nitrogens with one attached hydrogen (secondary N) is 2. The molecule has 2 aromatic carbocycles. The molecule has 28 heavy (non-hydrogen) atoms. The van der Waals surface area contributed by atoms with Crippen LogP contribution in [-0.2, 0) is 9.59 Å². The van der Waals surface area contributed by atoms with Crippen molar-refractivity contribution >= 4 is 52.5 Å². The molecule has 0 bridgehead atoms. The number of halogens is 2. The van der Waals surface area contributed by atoms with E-state index in [0.29, 0.717) is 45.1 Å². The van der Waals surface area contributed by atoms with Crippen LogP contribution in [0.5, 0.6) is 11.5 Å². The molecule has 8 heteroatoms. The standard InChI is InChI=1S/C20H20Cl2N2O4/c1-4-28-18-10-13(9-16(22)20(18)27-3)5-8-19(26)24-17-11-14(23-12(2)25)6-7-15(17)21/h5-11H,4H2,1-3H3,(H,23,25)(H,24,26). The van der Waals surface area contributed by atoms with Crippen molar-refractivity contribution in [2.24, 2.45) is 0 Å². The topological polar surface area (TPSA) is 76.7 Å². The molecule has 0 fully saturated rings. The molecule has 0 atom stereocenters. The second-order valence-electron chi connectivity index (χ2n) is 5.67. The Kier molecular flexibility index (Phi) is 7.72. The molecule has 0 heterocycles. The van der Waals surface area contributed by atoms with E-state index in [9.17, 15) is 9.59 Å². The number of anilines is 2. The quantitative estimate of drug-likeness (QED) is 0.614. The molecule has 0 spiro atoms. The van der Waals surface area contributed by atoms with Gasteiger partial charge in [0.1, 0.15) is 0 Å². The Morgan fingerprint density at radius 2 is 1.86 bits per heavy atom. The zero-order chi connectivity index (χ0) is 20.7. The normalized spacial score (nSPS) is 10.6. The van der Waals surface area contributed by atoms with Crippen LogP contribution in [-0.4, -0.2) is 25.5 Å². The number of ether oxygens (including phenoxy) is 2. The van der Waals surface area contributed by atoms with Crippen molar-refractivity contribution in [3.05, 3.63) is 52.0 Å². The maximum atomic E-state index is 12.3. The van der Waals surface area contributed by atoms with Crippen LogP contribution >= 0.6 is 23.2 Å². The van der Waals surface area contributed by atoms with E-state index >= 15 is 0 Å². The minimum absolute atomic E-state index is 0.221. The van der Waals surface area contributed by atoms with Gasteiger partial charge in [0, 0.05) is 18.7 Å². The third-order valence-corrected chi connectivity index (χ3v) is 4.12. The summed E-state index contributed by atoms with van der Waals surface area (Å²) in [5.41, 5.74) is 1.58. The fourth-order valence-corrected chi connectivity index (χ4v) is 2.85. The molecule has 2 rings (SSSR count). The minimum Gasteiger partial charge on any atom is -0.491 e. The Labute approximate surface area is 173 Å². The Hall–Kier alpha value is -2.70. The monoisotopic (exact) mass is 422 g/mol. The molecule has 0 saturated carbocycles. The molecule has 2 N–H and O–H groups in total. The Morgan fingerprint density at radius 3 is 2.50 bits per heavy atom. The van der Waals surface area contributed by atoms with Crippen molar-refractivity contribution < 1.29 is 19.1 Å². The van der Waals surface area contributed by atoms with Gasteiger partial charge in [-0.2, -0.15) is 0 Å². The average Bonchev–Trinajstić information content (AvgIpc) is 2.62. The lowest BCUT2D eigenvalue weighted by Crippen LogP contribution is -2.10. The van der Waals surface area contributed by atoms with E-state index < -0.39 is 5.91 Å². The van der Waals surface area contributed by atoms with Gasteiger partial charge in [0.15, 0.2) is 11.5 Å². The number of benzene rings is 2.